The third-order valence-electron chi connectivity index (χ3n) is 2.68. The fourth-order valence-electron chi connectivity index (χ4n) is 1.90. The van der Waals surface area contributed by atoms with Crippen molar-refractivity contribution in [1.82, 2.24) is 4.90 Å². The van der Waals surface area contributed by atoms with E-state index in [4.69, 9.17) is 0 Å². The van der Waals surface area contributed by atoms with Crippen LogP contribution in [0.5, 0.6) is 0 Å². The summed E-state index contributed by atoms with van der Waals surface area (Å²) in [6.07, 6.45) is 1.62. The second-order valence-electron chi connectivity index (χ2n) is 4.01. The van der Waals surface area contributed by atoms with Crippen LogP contribution in [0.2, 0.25) is 0 Å². The molecule has 1 amide bonds. The fourth-order valence-corrected chi connectivity index (χ4v) is 4.30. The van der Waals surface area contributed by atoms with E-state index in [1.54, 1.807) is 0 Å². The predicted molar refractivity (Wildman–Crippen MR) is 70.9 cm³/mol. The molecule has 0 aromatic carbocycles. The Morgan fingerprint density at radius 1 is 1.56 bits per heavy atom. The average molecular weight is 255 g/mol. The number of hydrogen-bond acceptors (Lipinski definition) is 3. The summed E-state index contributed by atoms with van der Waals surface area (Å²) in [6, 6.07) is 4.30. The Hall–Kier alpha value is -0.480. The molecular formula is C12H17NOS2. The minimum atomic E-state index is 0.276. The molecule has 1 aliphatic rings. The Morgan fingerprint density at radius 3 is 3.00 bits per heavy atom. The average Bonchev–Trinajstić information content (AvgIpc) is 2.85. The van der Waals surface area contributed by atoms with Crippen molar-refractivity contribution in [2.45, 2.75) is 32.1 Å². The molecule has 88 valence electrons. The SMILES string of the molecule is CCCC(=O)N1CCSC1c1ccc(C)s1. The van der Waals surface area contributed by atoms with Gasteiger partial charge in [-0.3, -0.25) is 4.79 Å². The number of thiophene rings is 1. The van der Waals surface area contributed by atoms with Gasteiger partial charge in [-0.1, -0.05) is 6.92 Å². The lowest BCUT2D eigenvalue weighted by Crippen LogP contribution is -2.29. The molecule has 0 saturated carbocycles. The molecule has 16 heavy (non-hydrogen) atoms. The summed E-state index contributed by atoms with van der Waals surface area (Å²) in [5.74, 6) is 1.38. The molecule has 0 spiro atoms. The molecule has 0 bridgehead atoms. The number of carbonyl (C=O) groups excluding carboxylic acids is 1. The Labute approximate surface area is 105 Å². The van der Waals surface area contributed by atoms with Crippen molar-refractivity contribution in [2.75, 3.05) is 12.3 Å². The van der Waals surface area contributed by atoms with Crippen molar-refractivity contribution in [3.05, 3.63) is 21.9 Å². The largest absolute Gasteiger partial charge is 0.325 e. The van der Waals surface area contributed by atoms with Gasteiger partial charge >= 0.3 is 0 Å². The van der Waals surface area contributed by atoms with Crippen LogP contribution in [0.25, 0.3) is 0 Å². The summed E-state index contributed by atoms with van der Waals surface area (Å²) < 4.78 is 0. The second kappa shape index (κ2) is 5.23. The van der Waals surface area contributed by atoms with Gasteiger partial charge in [-0.05, 0) is 25.5 Å². The van der Waals surface area contributed by atoms with E-state index in [9.17, 15) is 4.79 Å². The van der Waals surface area contributed by atoms with Crippen molar-refractivity contribution >= 4 is 29.0 Å². The molecule has 1 saturated heterocycles. The first-order chi connectivity index (χ1) is 7.72. The van der Waals surface area contributed by atoms with E-state index in [0.717, 1.165) is 18.7 Å². The third kappa shape index (κ3) is 2.43. The highest BCUT2D eigenvalue weighted by Crippen LogP contribution is 2.41. The number of hydrogen-bond donors (Lipinski definition) is 0. The highest BCUT2D eigenvalue weighted by atomic mass is 32.2. The van der Waals surface area contributed by atoms with Crippen LogP contribution in [0.4, 0.5) is 0 Å². The first-order valence-electron chi connectivity index (χ1n) is 5.69. The minimum absolute atomic E-state index is 0.276. The number of amides is 1. The number of thioether (sulfide) groups is 1. The summed E-state index contributed by atoms with van der Waals surface area (Å²) in [5.41, 5.74) is 0. The van der Waals surface area contributed by atoms with Crippen LogP contribution in [-0.4, -0.2) is 23.1 Å². The maximum Gasteiger partial charge on any atom is 0.223 e. The van der Waals surface area contributed by atoms with Gasteiger partial charge < -0.3 is 4.90 Å². The topological polar surface area (TPSA) is 20.3 Å². The molecule has 0 aliphatic carbocycles. The molecular weight excluding hydrogens is 238 g/mol. The number of carbonyl (C=O) groups is 1. The molecule has 0 N–H and O–H groups in total. The highest BCUT2D eigenvalue weighted by molar-refractivity contribution is 7.99. The lowest BCUT2D eigenvalue weighted by molar-refractivity contribution is -0.131. The number of nitrogens with zero attached hydrogens (tertiary/aromatic N) is 1. The molecule has 0 radical (unpaired) electrons. The van der Waals surface area contributed by atoms with Gasteiger partial charge in [0.15, 0.2) is 0 Å². The molecule has 1 aromatic rings. The smallest absolute Gasteiger partial charge is 0.223 e. The van der Waals surface area contributed by atoms with Gasteiger partial charge in [-0.15, -0.1) is 23.1 Å². The highest BCUT2D eigenvalue weighted by Gasteiger charge is 2.30. The standard InChI is InChI=1S/C12H17NOS2/c1-3-4-11(14)13-7-8-15-12(13)10-6-5-9(2)16-10/h5-6,12H,3-4,7-8H2,1-2H3. The van der Waals surface area contributed by atoms with Gasteiger partial charge in [0, 0.05) is 28.5 Å². The number of aryl methyl sites for hydroxylation is 1. The second-order valence-corrected chi connectivity index (χ2v) is 6.52. The summed E-state index contributed by atoms with van der Waals surface area (Å²) in [4.78, 5) is 16.6. The zero-order chi connectivity index (χ0) is 11.5. The zero-order valence-electron chi connectivity index (χ0n) is 9.73. The molecule has 1 fully saturated rings. The Bertz CT molecular complexity index is 375. The molecule has 1 aromatic heterocycles. The first-order valence-corrected chi connectivity index (χ1v) is 7.56. The summed E-state index contributed by atoms with van der Waals surface area (Å²) in [6.45, 7) is 5.09. The quantitative estimate of drug-likeness (QED) is 0.824. The Balaban J connectivity index is 2.11. The van der Waals surface area contributed by atoms with Crippen molar-refractivity contribution in [3.63, 3.8) is 0 Å². The normalized spacial score (nSPS) is 20.4. The van der Waals surface area contributed by atoms with Crippen molar-refractivity contribution < 1.29 is 4.79 Å². The van der Waals surface area contributed by atoms with Crippen LogP contribution in [-0.2, 0) is 4.79 Å². The molecule has 1 unspecified atom stereocenters. The van der Waals surface area contributed by atoms with E-state index in [1.165, 1.54) is 9.75 Å². The van der Waals surface area contributed by atoms with Crippen LogP contribution >= 0.6 is 23.1 Å². The summed E-state index contributed by atoms with van der Waals surface area (Å²) >= 11 is 3.70. The minimum Gasteiger partial charge on any atom is -0.325 e. The maximum absolute atomic E-state index is 12.0. The Morgan fingerprint density at radius 2 is 2.38 bits per heavy atom. The maximum atomic E-state index is 12.0. The molecule has 1 aliphatic heterocycles. The fraction of sp³-hybridized carbons (Fsp3) is 0.583. The van der Waals surface area contributed by atoms with E-state index in [1.807, 2.05) is 28.0 Å². The Kier molecular flexibility index (Phi) is 3.92. The number of rotatable bonds is 3. The zero-order valence-corrected chi connectivity index (χ0v) is 11.4. The molecule has 2 heterocycles. The third-order valence-corrected chi connectivity index (χ3v) is 5.12. The van der Waals surface area contributed by atoms with Gasteiger partial charge in [-0.25, -0.2) is 0 Å². The predicted octanol–water partition coefficient (Wildman–Crippen LogP) is 3.43. The van der Waals surface area contributed by atoms with Gasteiger partial charge in [0.1, 0.15) is 5.37 Å². The van der Waals surface area contributed by atoms with Crippen LogP contribution < -0.4 is 0 Å². The molecule has 4 heteroatoms. The van der Waals surface area contributed by atoms with E-state index in [0.29, 0.717) is 12.3 Å². The van der Waals surface area contributed by atoms with Crippen LogP contribution in [0.3, 0.4) is 0 Å². The van der Waals surface area contributed by atoms with Crippen LogP contribution in [0.15, 0.2) is 12.1 Å². The van der Waals surface area contributed by atoms with E-state index in [2.05, 4.69) is 26.0 Å². The van der Waals surface area contributed by atoms with Crippen molar-refractivity contribution in [2.24, 2.45) is 0 Å². The van der Waals surface area contributed by atoms with Gasteiger partial charge in [0.25, 0.3) is 0 Å². The van der Waals surface area contributed by atoms with Crippen molar-refractivity contribution in [1.29, 1.82) is 0 Å². The van der Waals surface area contributed by atoms with E-state index in [-0.39, 0.29) is 5.37 Å². The molecule has 1 atom stereocenters. The van der Waals surface area contributed by atoms with Crippen molar-refractivity contribution in [3.8, 4) is 0 Å². The van der Waals surface area contributed by atoms with E-state index < -0.39 is 0 Å². The van der Waals surface area contributed by atoms with Gasteiger partial charge in [0.2, 0.25) is 5.91 Å². The molecule has 2 nitrogen and oxygen atoms in total. The molecule has 2 rings (SSSR count). The van der Waals surface area contributed by atoms with E-state index >= 15 is 0 Å². The van der Waals surface area contributed by atoms with Crippen LogP contribution in [0, 0.1) is 6.92 Å². The van der Waals surface area contributed by atoms with Crippen LogP contribution in [0.1, 0.15) is 34.9 Å². The monoisotopic (exact) mass is 255 g/mol. The first kappa shape index (κ1) is 12.0. The lowest BCUT2D eigenvalue weighted by Gasteiger charge is -2.22. The van der Waals surface area contributed by atoms with Gasteiger partial charge in [-0.2, -0.15) is 0 Å². The summed E-state index contributed by atoms with van der Waals surface area (Å²) in [7, 11) is 0. The summed E-state index contributed by atoms with van der Waals surface area (Å²) in [5, 5.41) is 0.276. The lowest BCUT2D eigenvalue weighted by atomic mass is 10.3. The van der Waals surface area contributed by atoms with Gasteiger partial charge in [0.05, 0.1) is 0 Å².